The maximum absolute atomic E-state index is 12.6. The maximum Gasteiger partial charge on any atom is 0.242 e. The van der Waals surface area contributed by atoms with E-state index in [0.717, 1.165) is 11.1 Å². The Hall–Kier alpha value is -3.39. The van der Waals surface area contributed by atoms with Crippen LogP contribution in [0.3, 0.4) is 0 Å². The van der Waals surface area contributed by atoms with Gasteiger partial charge in [0.15, 0.2) is 0 Å². The van der Waals surface area contributed by atoms with Gasteiger partial charge >= 0.3 is 0 Å². The van der Waals surface area contributed by atoms with E-state index in [1.54, 1.807) is 6.92 Å². The van der Waals surface area contributed by atoms with Gasteiger partial charge in [-0.05, 0) is 36.1 Å². The van der Waals surface area contributed by atoms with Crippen LogP contribution in [-0.2, 0) is 27.4 Å². The zero-order valence-electron chi connectivity index (χ0n) is 19.0. The fraction of sp³-hybridized carbons (Fsp3) is 0.400. The first-order chi connectivity index (χ1) is 15.9. The molecule has 2 aromatic rings. The lowest BCUT2D eigenvalue weighted by atomic mass is 10.0. The number of carbonyl (C=O) groups excluding carboxylic acids is 3. The fourth-order valence-corrected chi connectivity index (χ4v) is 3.08. The molecule has 0 saturated heterocycles. The molecular formula is C25H33N3O5. The van der Waals surface area contributed by atoms with Gasteiger partial charge in [0.25, 0.3) is 0 Å². The third-order valence-corrected chi connectivity index (χ3v) is 5.19. The van der Waals surface area contributed by atoms with E-state index in [2.05, 4.69) is 10.6 Å². The molecule has 8 nitrogen and oxygen atoms in total. The molecule has 0 aliphatic carbocycles. The number of nitrogens with one attached hydrogen (secondary N) is 2. The Kier molecular flexibility index (Phi) is 10.9. The van der Waals surface area contributed by atoms with Gasteiger partial charge in [-0.2, -0.15) is 0 Å². The molecule has 0 aliphatic rings. The summed E-state index contributed by atoms with van der Waals surface area (Å²) in [4.78, 5) is 36.2. The summed E-state index contributed by atoms with van der Waals surface area (Å²) < 4.78 is 5.79. The largest absolute Gasteiger partial charge is 0.489 e. The number of aliphatic hydroxyl groups excluding tert-OH is 1. The highest BCUT2D eigenvalue weighted by molar-refractivity contribution is 5.88. The van der Waals surface area contributed by atoms with Crippen LogP contribution >= 0.6 is 0 Å². The number of ether oxygens (including phenoxy) is 1. The van der Waals surface area contributed by atoms with E-state index in [-0.39, 0.29) is 24.8 Å². The summed E-state index contributed by atoms with van der Waals surface area (Å²) >= 11 is 0. The van der Waals surface area contributed by atoms with Crippen LogP contribution in [0.25, 0.3) is 0 Å². The van der Waals surface area contributed by atoms with E-state index >= 15 is 0 Å². The second kappa shape index (κ2) is 13.9. The third-order valence-electron chi connectivity index (χ3n) is 5.19. The summed E-state index contributed by atoms with van der Waals surface area (Å²) in [5.74, 6) is -0.833. The summed E-state index contributed by atoms with van der Waals surface area (Å²) in [5, 5.41) is 14.4. The molecule has 0 bridgehead atoms. The Morgan fingerprint density at radius 3 is 2.36 bits per heavy atom. The van der Waals surface area contributed by atoms with E-state index in [9.17, 15) is 14.4 Å². The molecule has 2 atom stereocenters. The number of hydrogen-bond acceptors (Lipinski definition) is 5. The van der Waals surface area contributed by atoms with Crippen molar-refractivity contribution in [1.29, 1.82) is 0 Å². The minimum atomic E-state index is -0.781. The molecule has 33 heavy (non-hydrogen) atoms. The topological polar surface area (TPSA) is 131 Å². The molecule has 2 rings (SSSR count). The van der Waals surface area contributed by atoms with Gasteiger partial charge in [0.1, 0.15) is 18.4 Å². The van der Waals surface area contributed by atoms with Gasteiger partial charge in [-0.15, -0.1) is 0 Å². The fourth-order valence-electron chi connectivity index (χ4n) is 3.08. The lowest BCUT2D eigenvalue weighted by Gasteiger charge is -2.19. The normalized spacial score (nSPS) is 12.4. The lowest BCUT2D eigenvalue weighted by Crippen LogP contribution is -2.48. The first-order valence-electron chi connectivity index (χ1n) is 11.1. The van der Waals surface area contributed by atoms with E-state index in [4.69, 9.17) is 15.6 Å². The van der Waals surface area contributed by atoms with Crippen LogP contribution in [0, 0.1) is 5.92 Å². The number of amides is 3. The molecule has 2 unspecified atom stereocenters. The molecule has 8 heteroatoms. The van der Waals surface area contributed by atoms with E-state index in [1.807, 2.05) is 54.6 Å². The Morgan fingerprint density at radius 1 is 1.03 bits per heavy atom. The summed E-state index contributed by atoms with van der Waals surface area (Å²) in [6.07, 6.45) is 1.13. The second-order valence-corrected chi connectivity index (χ2v) is 7.95. The third kappa shape index (κ3) is 9.74. The number of rotatable bonds is 14. The van der Waals surface area contributed by atoms with Crippen molar-refractivity contribution in [2.24, 2.45) is 11.7 Å². The van der Waals surface area contributed by atoms with E-state index in [1.165, 1.54) is 0 Å². The highest BCUT2D eigenvalue weighted by Crippen LogP contribution is 2.16. The van der Waals surface area contributed by atoms with Crippen molar-refractivity contribution in [3.63, 3.8) is 0 Å². The highest BCUT2D eigenvalue weighted by Gasteiger charge is 2.22. The van der Waals surface area contributed by atoms with Gasteiger partial charge in [0, 0.05) is 31.9 Å². The number of aliphatic hydroxyl groups is 1. The van der Waals surface area contributed by atoms with Gasteiger partial charge in [0.2, 0.25) is 17.7 Å². The molecule has 0 saturated carbocycles. The summed E-state index contributed by atoms with van der Waals surface area (Å²) in [6, 6.07) is 16.4. The van der Waals surface area contributed by atoms with Crippen molar-refractivity contribution in [2.75, 3.05) is 13.2 Å². The van der Waals surface area contributed by atoms with Crippen molar-refractivity contribution in [2.45, 2.75) is 45.3 Å². The molecule has 0 radical (unpaired) electrons. The number of carbonyl (C=O) groups is 3. The second-order valence-electron chi connectivity index (χ2n) is 7.95. The van der Waals surface area contributed by atoms with Crippen molar-refractivity contribution in [1.82, 2.24) is 10.6 Å². The average Bonchev–Trinajstić information content (AvgIpc) is 2.82. The zero-order chi connectivity index (χ0) is 24.1. The van der Waals surface area contributed by atoms with Crippen molar-refractivity contribution >= 4 is 17.7 Å². The van der Waals surface area contributed by atoms with Crippen molar-refractivity contribution in [3.8, 4) is 5.75 Å². The molecule has 0 aliphatic heterocycles. The van der Waals surface area contributed by atoms with Gasteiger partial charge in [0.05, 0.1) is 0 Å². The quantitative estimate of drug-likeness (QED) is 0.322. The van der Waals surface area contributed by atoms with E-state index < -0.39 is 17.9 Å². The minimum absolute atomic E-state index is 0.0350. The smallest absolute Gasteiger partial charge is 0.242 e. The summed E-state index contributed by atoms with van der Waals surface area (Å²) in [5.41, 5.74) is 7.16. The van der Waals surface area contributed by atoms with Crippen LogP contribution < -0.4 is 21.1 Å². The molecule has 178 valence electrons. The van der Waals surface area contributed by atoms with E-state index in [0.29, 0.717) is 38.2 Å². The Morgan fingerprint density at radius 2 is 1.73 bits per heavy atom. The van der Waals surface area contributed by atoms with Crippen molar-refractivity contribution < 1.29 is 24.2 Å². The molecule has 5 N–H and O–H groups in total. The SMILES string of the molecule is CC(CCC(=O)NC(Cc1ccc(OCc2ccccc2)cc1)C(=O)NCCCO)C(N)=O. The van der Waals surface area contributed by atoms with Crippen LogP contribution in [0.15, 0.2) is 54.6 Å². The molecular weight excluding hydrogens is 422 g/mol. The van der Waals surface area contributed by atoms with Gasteiger partial charge < -0.3 is 26.2 Å². The Labute approximate surface area is 194 Å². The summed E-state index contributed by atoms with van der Waals surface area (Å²) in [6.45, 7) is 2.39. The number of benzene rings is 2. The zero-order valence-corrected chi connectivity index (χ0v) is 19.0. The molecule has 0 spiro atoms. The predicted molar refractivity (Wildman–Crippen MR) is 125 cm³/mol. The van der Waals surface area contributed by atoms with Gasteiger partial charge in [-0.1, -0.05) is 49.4 Å². The molecule has 2 aromatic carbocycles. The summed E-state index contributed by atoms with van der Waals surface area (Å²) in [7, 11) is 0. The van der Waals surface area contributed by atoms with Crippen LogP contribution in [-0.4, -0.2) is 42.0 Å². The molecule has 0 fully saturated rings. The number of primary amides is 1. The first-order valence-corrected chi connectivity index (χ1v) is 11.1. The minimum Gasteiger partial charge on any atom is -0.489 e. The van der Waals surface area contributed by atoms with Crippen LogP contribution in [0.2, 0.25) is 0 Å². The Balaban J connectivity index is 1.96. The van der Waals surface area contributed by atoms with Crippen LogP contribution in [0.5, 0.6) is 5.75 Å². The highest BCUT2D eigenvalue weighted by atomic mass is 16.5. The monoisotopic (exact) mass is 455 g/mol. The molecule has 3 amide bonds. The van der Waals surface area contributed by atoms with Crippen molar-refractivity contribution in [3.05, 3.63) is 65.7 Å². The molecule has 0 heterocycles. The first kappa shape index (κ1) is 25.9. The standard InChI is InChI=1S/C25H33N3O5/c1-18(24(26)31)8-13-23(30)28-22(25(32)27-14-5-15-29)16-19-9-11-21(12-10-19)33-17-20-6-3-2-4-7-20/h2-4,6-7,9-12,18,22,29H,5,8,13-17H2,1H3,(H2,26,31)(H,27,32)(H,28,30). The maximum atomic E-state index is 12.6. The van der Waals surface area contributed by atoms with Gasteiger partial charge in [-0.25, -0.2) is 0 Å². The van der Waals surface area contributed by atoms with Gasteiger partial charge in [-0.3, -0.25) is 14.4 Å². The average molecular weight is 456 g/mol. The van der Waals surface area contributed by atoms with Crippen LogP contribution in [0.1, 0.15) is 37.3 Å². The lowest BCUT2D eigenvalue weighted by molar-refractivity contribution is -0.129. The molecule has 0 aromatic heterocycles. The predicted octanol–water partition coefficient (Wildman–Crippen LogP) is 1.69. The number of hydrogen-bond donors (Lipinski definition) is 4. The van der Waals surface area contributed by atoms with Crippen LogP contribution in [0.4, 0.5) is 0 Å². The number of nitrogens with two attached hydrogens (primary N) is 1. The Bertz CT molecular complexity index is 887.